The molecule has 1 aliphatic heterocycles. The van der Waals surface area contributed by atoms with Gasteiger partial charge in [-0.05, 0) is 38.8 Å². The predicted octanol–water partition coefficient (Wildman–Crippen LogP) is 2.33. The highest BCUT2D eigenvalue weighted by Crippen LogP contribution is 2.28. The third kappa shape index (κ3) is 3.45. The first-order chi connectivity index (χ1) is 8.97. The van der Waals surface area contributed by atoms with Gasteiger partial charge in [0.25, 0.3) is 0 Å². The van der Waals surface area contributed by atoms with E-state index in [2.05, 4.69) is 4.90 Å². The topological polar surface area (TPSA) is 38.5 Å². The number of morpholine rings is 1. The van der Waals surface area contributed by atoms with E-state index in [-0.39, 0.29) is 24.1 Å². The second kappa shape index (κ2) is 5.88. The van der Waals surface area contributed by atoms with Gasteiger partial charge < -0.3 is 15.4 Å². The minimum absolute atomic E-state index is 0.0245. The molecule has 2 rings (SSSR count). The Morgan fingerprint density at radius 3 is 2.58 bits per heavy atom. The fourth-order valence-corrected chi connectivity index (χ4v) is 2.79. The summed E-state index contributed by atoms with van der Waals surface area (Å²) in [5.41, 5.74) is 7.54. The highest BCUT2D eigenvalue weighted by atomic mass is 19.1. The second-order valence-electron chi connectivity index (χ2n) is 5.59. The zero-order valence-electron chi connectivity index (χ0n) is 11.9. The lowest BCUT2D eigenvalue weighted by atomic mass is 10.0. The van der Waals surface area contributed by atoms with E-state index >= 15 is 0 Å². The Morgan fingerprint density at radius 2 is 2.00 bits per heavy atom. The molecule has 1 aromatic carbocycles. The Labute approximate surface area is 114 Å². The molecule has 4 heteroatoms. The Balaban J connectivity index is 2.31. The first-order valence-electron chi connectivity index (χ1n) is 6.90. The molecule has 1 fully saturated rings. The van der Waals surface area contributed by atoms with Crippen molar-refractivity contribution in [3.8, 4) is 0 Å². The monoisotopic (exact) mass is 266 g/mol. The van der Waals surface area contributed by atoms with Crippen molar-refractivity contribution in [1.29, 1.82) is 0 Å². The largest absolute Gasteiger partial charge is 0.372 e. The first kappa shape index (κ1) is 14.3. The Hall–Kier alpha value is -1.13. The van der Waals surface area contributed by atoms with E-state index in [4.69, 9.17) is 10.5 Å². The van der Waals surface area contributed by atoms with Gasteiger partial charge in [-0.15, -0.1) is 0 Å². The van der Waals surface area contributed by atoms with Crippen LogP contribution in [0.2, 0.25) is 0 Å². The number of hydrogen-bond donors (Lipinski definition) is 1. The van der Waals surface area contributed by atoms with Crippen molar-refractivity contribution in [2.45, 2.75) is 45.4 Å². The van der Waals surface area contributed by atoms with Gasteiger partial charge in [-0.25, -0.2) is 4.39 Å². The van der Waals surface area contributed by atoms with Crippen molar-refractivity contribution in [2.24, 2.45) is 5.73 Å². The van der Waals surface area contributed by atoms with Gasteiger partial charge in [0.1, 0.15) is 5.82 Å². The van der Waals surface area contributed by atoms with Crippen molar-refractivity contribution in [1.82, 2.24) is 0 Å². The molecule has 106 valence electrons. The first-order valence-corrected chi connectivity index (χ1v) is 6.90. The smallest absolute Gasteiger partial charge is 0.146 e. The van der Waals surface area contributed by atoms with Crippen molar-refractivity contribution < 1.29 is 9.13 Å². The van der Waals surface area contributed by atoms with E-state index < -0.39 is 0 Å². The van der Waals surface area contributed by atoms with Gasteiger partial charge in [0.2, 0.25) is 0 Å². The van der Waals surface area contributed by atoms with E-state index in [0.717, 1.165) is 18.7 Å². The van der Waals surface area contributed by atoms with Gasteiger partial charge in [-0.1, -0.05) is 12.1 Å². The molecule has 0 saturated carbocycles. The molecule has 2 N–H and O–H groups in total. The predicted molar refractivity (Wildman–Crippen MR) is 76.0 cm³/mol. The Bertz CT molecular complexity index is 426. The van der Waals surface area contributed by atoms with Crippen LogP contribution in [-0.2, 0) is 11.2 Å². The molecule has 1 aliphatic rings. The van der Waals surface area contributed by atoms with Crippen LogP contribution < -0.4 is 10.6 Å². The number of nitrogens with zero attached hydrogens (tertiary/aromatic N) is 1. The summed E-state index contributed by atoms with van der Waals surface area (Å²) in [7, 11) is 0. The molecule has 1 saturated heterocycles. The summed E-state index contributed by atoms with van der Waals surface area (Å²) in [5.74, 6) is -0.167. The summed E-state index contributed by atoms with van der Waals surface area (Å²) in [6.07, 6.45) is 0.922. The van der Waals surface area contributed by atoms with Gasteiger partial charge >= 0.3 is 0 Å². The fourth-order valence-electron chi connectivity index (χ4n) is 2.79. The van der Waals surface area contributed by atoms with Crippen LogP contribution in [-0.4, -0.2) is 31.3 Å². The summed E-state index contributed by atoms with van der Waals surface area (Å²) >= 11 is 0. The fraction of sp³-hybridized carbons (Fsp3) is 0.600. The SMILES string of the molecule is CC(N)Cc1cccc(F)c1N1CC(C)OC(C)C1. The molecule has 1 aromatic rings. The Morgan fingerprint density at radius 1 is 1.37 bits per heavy atom. The number of nitrogens with two attached hydrogens (primary N) is 1. The van der Waals surface area contributed by atoms with Crippen molar-refractivity contribution in [2.75, 3.05) is 18.0 Å². The lowest BCUT2D eigenvalue weighted by Gasteiger charge is -2.38. The molecule has 3 atom stereocenters. The van der Waals surface area contributed by atoms with Crippen LogP contribution in [0.4, 0.5) is 10.1 Å². The van der Waals surface area contributed by atoms with Gasteiger partial charge in [0, 0.05) is 19.1 Å². The quantitative estimate of drug-likeness (QED) is 0.912. The van der Waals surface area contributed by atoms with E-state index in [9.17, 15) is 4.39 Å². The number of anilines is 1. The Kier molecular flexibility index (Phi) is 4.42. The zero-order valence-corrected chi connectivity index (χ0v) is 11.9. The molecule has 0 amide bonds. The summed E-state index contributed by atoms with van der Waals surface area (Å²) in [6.45, 7) is 7.43. The molecule has 3 nitrogen and oxygen atoms in total. The summed E-state index contributed by atoms with van der Waals surface area (Å²) in [5, 5.41) is 0. The maximum Gasteiger partial charge on any atom is 0.146 e. The van der Waals surface area contributed by atoms with Crippen LogP contribution in [0, 0.1) is 5.82 Å². The van der Waals surface area contributed by atoms with E-state index in [0.29, 0.717) is 12.1 Å². The number of hydrogen-bond acceptors (Lipinski definition) is 3. The highest BCUT2D eigenvalue weighted by Gasteiger charge is 2.26. The zero-order chi connectivity index (χ0) is 14.0. The van der Waals surface area contributed by atoms with Crippen LogP contribution in [0.25, 0.3) is 0 Å². The van der Waals surface area contributed by atoms with Crippen LogP contribution in [0.3, 0.4) is 0 Å². The van der Waals surface area contributed by atoms with Crippen molar-refractivity contribution in [3.05, 3.63) is 29.6 Å². The average Bonchev–Trinajstić information content (AvgIpc) is 2.26. The van der Waals surface area contributed by atoms with E-state index in [1.54, 1.807) is 6.07 Å². The van der Waals surface area contributed by atoms with Crippen molar-refractivity contribution >= 4 is 5.69 Å². The van der Waals surface area contributed by atoms with Crippen LogP contribution in [0.5, 0.6) is 0 Å². The molecule has 0 bridgehead atoms. The minimum Gasteiger partial charge on any atom is -0.372 e. The lowest BCUT2D eigenvalue weighted by Crippen LogP contribution is -2.46. The average molecular weight is 266 g/mol. The van der Waals surface area contributed by atoms with Gasteiger partial charge in [-0.3, -0.25) is 0 Å². The molecule has 0 aromatic heterocycles. The molecule has 0 aliphatic carbocycles. The van der Waals surface area contributed by atoms with Crippen LogP contribution >= 0.6 is 0 Å². The molecule has 0 spiro atoms. The molecule has 19 heavy (non-hydrogen) atoms. The number of benzene rings is 1. The minimum atomic E-state index is -0.167. The summed E-state index contributed by atoms with van der Waals surface area (Å²) in [4.78, 5) is 2.09. The number of halogens is 1. The molecule has 1 heterocycles. The molecular weight excluding hydrogens is 243 g/mol. The van der Waals surface area contributed by atoms with Gasteiger partial charge in [0.15, 0.2) is 0 Å². The van der Waals surface area contributed by atoms with E-state index in [1.165, 1.54) is 6.07 Å². The third-order valence-corrected chi connectivity index (χ3v) is 3.35. The lowest BCUT2D eigenvalue weighted by molar-refractivity contribution is -0.00543. The maximum absolute atomic E-state index is 14.2. The normalized spacial score (nSPS) is 25.4. The van der Waals surface area contributed by atoms with Gasteiger partial charge in [0.05, 0.1) is 17.9 Å². The number of rotatable bonds is 3. The van der Waals surface area contributed by atoms with Crippen molar-refractivity contribution in [3.63, 3.8) is 0 Å². The van der Waals surface area contributed by atoms with Crippen LogP contribution in [0.15, 0.2) is 18.2 Å². The molecular formula is C15H23FN2O. The van der Waals surface area contributed by atoms with E-state index in [1.807, 2.05) is 26.8 Å². The molecule has 0 radical (unpaired) electrons. The summed E-state index contributed by atoms with van der Waals surface area (Å²) < 4.78 is 19.9. The number of para-hydroxylation sites is 1. The van der Waals surface area contributed by atoms with Gasteiger partial charge in [-0.2, -0.15) is 0 Å². The maximum atomic E-state index is 14.2. The third-order valence-electron chi connectivity index (χ3n) is 3.35. The van der Waals surface area contributed by atoms with Crippen LogP contribution in [0.1, 0.15) is 26.3 Å². The second-order valence-corrected chi connectivity index (χ2v) is 5.59. The number of ether oxygens (including phenoxy) is 1. The molecule has 3 unspecified atom stereocenters. The highest BCUT2D eigenvalue weighted by molar-refractivity contribution is 5.55. The summed E-state index contributed by atoms with van der Waals surface area (Å²) in [6, 6.07) is 5.26. The standard InChI is InChI=1S/C15H23FN2O/c1-10(17)7-13-5-4-6-14(16)15(13)18-8-11(2)19-12(3)9-18/h4-6,10-12H,7-9,17H2,1-3H3.